The van der Waals surface area contributed by atoms with E-state index < -0.39 is 12.0 Å². The second-order valence-electron chi connectivity index (χ2n) is 5.93. The second kappa shape index (κ2) is 9.56. The van der Waals surface area contributed by atoms with Gasteiger partial charge in [-0.05, 0) is 40.5 Å². The first kappa shape index (κ1) is 20.2. The molecule has 0 radical (unpaired) electrons. The van der Waals surface area contributed by atoms with Gasteiger partial charge < -0.3 is 19.7 Å². The molecule has 2 rings (SSSR count). The van der Waals surface area contributed by atoms with Gasteiger partial charge in [0, 0.05) is 18.7 Å². The number of benzene rings is 1. The van der Waals surface area contributed by atoms with Crippen LogP contribution in [-0.2, 0) is 14.3 Å². The number of nitrogens with zero attached hydrogens (tertiary/aromatic N) is 1. The van der Waals surface area contributed by atoms with Crippen LogP contribution in [0.25, 0.3) is 0 Å². The highest BCUT2D eigenvalue weighted by molar-refractivity contribution is 9.10. The molecule has 1 aromatic rings. The largest absolute Gasteiger partial charge is 0.496 e. The summed E-state index contributed by atoms with van der Waals surface area (Å²) in [7, 11) is 1.54. The predicted octanol–water partition coefficient (Wildman–Crippen LogP) is 2.13. The summed E-state index contributed by atoms with van der Waals surface area (Å²) < 4.78 is 10.9. The number of hydrogen-bond donors (Lipinski definition) is 1. The Hall–Kier alpha value is -2.09. The van der Waals surface area contributed by atoms with Crippen molar-refractivity contribution < 1.29 is 23.9 Å². The van der Waals surface area contributed by atoms with Gasteiger partial charge in [0.05, 0.1) is 24.6 Å². The quantitative estimate of drug-likeness (QED) is 0.533. The van der Waals surface area contributed by atoms with Crippen LogP contribution in [0.2, 0.25) is 0 Å². The Morgan fingerprint density at radius 3 is 2.81 bits per heavy atom. The number of carbonyl (C=O) groups is 3. The Balaban J connectivity index is 2.13. The number of unbranched alkanes of at least 4 members (excludes halogenated alkanes) is 1. The molecule has 0 aliphatic carbocycles. The average Bonchev–Trinajstić information content (AvgIpc) is 2.63. The highest BCUT2D eigenvalue weighted by Crippen LogP contribution is 2.26. The fourth-order valence-corrected chi connectivity index (χ4v) is 3.21. The molecule has 1 fully saturated rings. The first-order valence-electron chi connectivity index (χ1n) is 8.55. The lowest BCUT2D eigenvalue weighted by Gasteiger charge is -2.34. The maximum atomic E-state index is 12.9. The number of ether oxygens (including phenoxy) is 2. The molecule has 1 aliphatic rings. The number of hydrogen-bond acceptors (Lipinski definition) is 5. The van der Waals surface area contributed by atoms with Crippen molar-refractivity contribution >= 4 is 33.7 Å². The zero-order valence-corrected chi connectivity index (χ0v) is 16.5. The lowest BCUT2D eigenvalue weighted by Crippen LogP contribution is -2.57. The van der Waals surface area contributed by atoms with Gasteiger partial charge in [0.25, 0.3) is 5.91 Å². The standard InChI is InChI=1S/C18H23BrN2O5/c1-3-4-9-26-16(22)11-14-17(23)20-7-8-21(14)18(24)12-5-6-15(25-2)13(19)10-12/h5-6,10,14H,3-4,7-9,11H2,1-2H3,(H,20,23). The van der Waals surface area contributed by atoms with Crippen molar-refractivity contribution in [3.05, 3.63) is 28.2 Å². The molecule has 0 saturated carbocycles. The molecular weight excluding hydrogens is 404 g/mol. The van der Waals surface area contributed by atoms with Crippen LogP contribution < -0.4 is 10.1 Å². The highest BCUT2D eigenvalue weighted by Gasteiger charge is 2.35. The maximum Gasteiger partial charge on any atom is 0.308 e. The SMILES string of the molecule is CCCCOC(=O)CC1C(=O)NCCN1C(=O)c1ccc(OC)c(Br)c1. The van der Waals surface area contributed by atoms with E-state index in [9.17, 15) is 14.4 Å². The monoisotopic (exact) mass is 426 g/mol. The lowest BCUT2D eigenvalue weighted by molar-refractivity contribution is -0.147. The van der Waals surface area contributed by atoms with Crippen LogP contribution in [0, 0.1) is 0 Å². The third kappa shape index (κ3) is 4.97. The smallest absolute Gasteiger partial charge is 0.308 e. The van der Waals surface area contributed by atoms with Crippen LogP contribution >= 0.6 is 15.9 Å². The van der Waals surface area contributed by atoms with Gasteiger partial charge in [-0.25, -0.2) is 0 Å². The summed E-state index contributed by atoms with van der Waals surface area (Å²) in [5, 5.41) is 2.70. The van der Waals surface area contributed by atoms with E-state index in [2.05, 4.69) is 21.2 Å². The van der Waals surface area contributed by atoms with Crippen LogP contribution in [0.15, 0.2) is 22.7 Å². The first-order valence-corrected chi connectivity index (χ1v) is 9.35. The molecule has 0 bridgehead atoms. The van der Waals surface area contributed by atoms with E-state index >= 15 is 0 Å². The predicted molar refractivity (Wildman–Crippen MR) is 99.0 cm³/mol. The van der Waals surface area contributed by atoms with Crippen LogP contribution in [0.5, 0.6) is 5.75 Å². The summed E-state index contributed by atoms with van der Waals surface area (Å²) in [4.78, 5) is 38.5. The average molecular weight is 427 g/mol. The van der Waals surface area contributed by atoms with Crippen LogP contribution in [-0.4, -0.2) is 55.5 Å². The van der Waals surface area contributed by atoms with Crippen LogP contribution in [0.4, 0.5) is 0 Å². The van der Waals surface area contributed by atoms with E-state index in [1.165, 1.54) is 12.0 Å². The van der Waals surface area contributed by atoms with Crippen molar-refractivity contribution in [3.63, 3.8) is 0 Å². The highest BCUT2D eigenvalue weighted by atomic mass is 79.9. The van der Waals surface area contributed by atoms with Crippen molar-refractivity contribution in [2.75, 3.05) is 26.8 Å². The number of amides is 2. The molecule has 142 valence electrons. The second-order valence-corrected chi connectivity index (χ2v) is 6.79. The molecule has 1 unspecified atom stereocenters. The van der Waals surface area contributed by atoms with Crippen molar-refractivity contribution in [3.8, 4) is 5.75 Å². The number of carbonyl (C=O) groups excluding carboxylic acids is 3. The van der Waals surface area contributed by atoms with Crippen LogP contribution in [0.1, 0.15) is 36.5 Å². The molecule has 0 spiro atoms. The van der Waals surface area contributed by atoms with Crippen molar-refractivity contribution in [1.82, 2.24) is 10.2 Å². The molecule has 1 atom stereocenters. The minimum absolute atomic E-state index is 0.154. The number of piperazine rings is 1. The third-order valence-electron chi connectivity index (χ3n) is 4.11. The van der Waals surface area contributed by atoms with E-state index in [-0.39, 0.29) is 18.2 Å². The Labute approximate surface area is 161 Å². The Kier molecular flexibility index (Phi) is 7.44. The molecule has 1 saturated heterocycles. The van der Waals surface area contributed by atoms with E-state index in [1.807, 2.05) is 6.92 Å². The summed E-state index contributed by atoms with van der Waals surface area (Å²) in [6, 6.07) is 4.08. The molecule has 0 aromatic heterocycles. The summed E-state index contributed by atoms with van der Waals surface area (Å²) in [6.07, 6.45) is 1.53. The minimum atomic E-state index is -0.869. The number of rotatable bonds is 7. The van der Waals surface area contributed by atoms with Gasteiger partial charge in [0.1, 0.15) is 11.8 Å². The van der Waals surface area contributed by atoms with Crippen LogP contribution in [0.3, 0.4) is 0 Å². The Morgan fingerprint density at radius 2 is 2.15 bits per heavy atom. The van der Waals surface area contributed by atoms with Gasteiger partial charge >= 0.3 is 5.97 Å². The molecule has 1 aromatic carbocycles. The van der Waals surface area contributed by atoms with Gasteiger partial charge in [-0.2, -0.15) is 0 Å². The number of nitrogens with one attached hydrogen (secondary N) is 1. The molecule has 26 heavy (non-hydrogen) atoms. The van der Waals surface area contributed by atoms with Crippen molar-refractivity contribution in [1.29, 1.82) is 0 Å². The van der Waals surface area contributed by atoms with E-state index in [4.69, 9.17) is 9.47 Å². The summed E-state index contributed by atoms with van der Waals surface area (Å²) in [5.41, 5.74) is 0.414. The molecule has 1 aliphatic heterocycles. The molecule has 7 nitrogen and oxygen atoms in total. The summed E-state index contributed by atoms with van der Waals surface area (Å²) in [5.74, 6) is -0.526. The van der Waals surface area contributed by atoms with Gasteiger partial charge in [0.2, 0.25) is 5.91 Å². The van der Waals surface area contributed by atoms with Gasteiger partial charge in [-0.15, -0.1) is 0 Å². The fourth-order valence-electron chi connectivity index (χ4n) is 2.67. The van der Waals surface area contributed by atoms with Gasteiger partial charge in [-0.1, -0.05) is 13.3 Å². The van der Waals surface area contributed by atoms with Gasteiger partial charge in [0.15, 0.2) is 0 Å². The topological polar surface area (TPSA) is 84.9 Å². The van der Waals surface area contributed by atoms with E-state index in [0.717, 1.165) is 12.8 Å². The zero-order chi connectivity index (χ0) is 19.1. The molecule has 2 amide bonds. The van der Waals surface area contributed by atoms with E-state index in [1.54, 1.807) is 18.2 Å². The normalized spacial score (nSPS) is 16.8. The third-order valence-corrected chi connectivity index (χ3v) is 4.73. The fraction of sp³-hybridized carbons (Fsp3) is 0.500. The van der Waals surface area contributed by atoms with Gasteiger partial charge in [-0.3, -0.25) is 14.4 Å². The Morgan fingerprint density at radius 1 is 1.38 bits per heavy atom. The lowest BCUT2D eigenvalue weighted by atomic mass is 10.1. The molecular formula is C18H23BrN2O5. The minimum Gasteiger partial charge on any atom is -0.496 e. The zero-order valence-electron chi connectivity index (χ0n) is 14.9. The number of halogens is 1. The van der Waals surface area contributed by atoms with E-state index in [0.29, 0.717) is 35.5 Å². The number of esters is 1. The molecule has 1 N–H and O–H groups in total. The summed E-state index contributed by atoms with van der Waals surface area (Å²) in [6.45, 7) is 3.00. The summed E-state index contributed by atoms with van der Waals surface area (Å²) >= 11 is 3.35. The molecule has 8 heteroatoms. The molecule has 1 heterocycles. The first-order chi connectivity index (χ1) is 12.5. The Bertz CT molecular complexity index is 680. The maximum absolute atomic E-state index is 12.9. The van der Waals surface area contributed by atoms with Crippen molar-refractivity contribution in [2.45, 2.75) is 32.2 Å². The number of methoxy groups -OCH3 is 1. The van der Waals surface area contributed by atoms with Crippen molar-refractivity contribution in [2.24, 2.45) is 0 Å².